The molecule has 2 N–H and O–H groups in total. The van der Waals surface area contributed by atoms with Crippen LogP contribution in [0.4, 0.5) is 13.2 Å². The Balaban J connectivity index is 1.86. The summed E-state index contributed by atoms with van der Waals surface area (Å²) in [5.74, 6) is -2.75. The van der Waals surface area contributed by atoms with Gasteiger partial charge in [0.05, 0.1) is 10.9 Å². The number of benzene rings is 2. The molecule has 0 radical (unpaired) electrons. The number of phenols is 1. The summed E-state index contributed by atoms with van der Waals surface area (Å²) < 4.78 is 58.7. The van der Waals surface area contributed by atoms with Crippen LogP contribution < -0.4 is 15.1 Å². The summed E-state index contributed by atoms with van der Waals surface area (Å²) in [5.41, 5.74) is 0.0153. The summed E-state index contributed by atoms with van der Waals surface area (Å²) in [6, 6.07) is 5.43. The molecule has 2 atom stereocenters. The summed E-state index contributed by atoms with van der Waals surface area (Å²) in [6.45, 7) is 8.52. The molecular weight excluding hydrogens is 487 g/mol. The van der Waals surface area contributed by atoms with Crippen molar-refractivity contribution in [2.45, 2.75) is 52.6 Å². The molecule has 1 aliphatic heterocycles. The molecule has 3 aromatic rings. The quantitative estimate of drug-likeness (QED) is 0.527. The Bertz CT molecular complexity index is 1300. The zero-order valence-corrected chi connectivity index (χ0v) is 20.4. The van der Waals surface area contributed by atoms with E-state index in [1.165, 1.54) is 24.3 Å². The van der Waals surface area contributed by atoms with Crippen molar-refractivity contribution in [3.8, 4) is 17.2 Å². The number of ether oxygens (including phenoxy) is 2. The van der Waals surface area contributed by atoms with E-state index in [1.54, 1.807) is 13.8 Å². The maximum Gasteiger partial charge on any atom is 0.453 e. The molecule has 4 rings (SSSR count). The lowest BCUT2D eigenvalue weighted by atomic mass is 10.1. The van der Waals surface area contributed by atoms with Gasteiger partial charge in [-0.05, 0) is 63.1 Å². The zero-order valence-electron chi connectivity index (χ0n) is 19.7. The molecule has 0 bridgehead atoms. The normalized spacial score (nSPS) is 20.9. The highest BCUT2D eigenvalue weighted by Crippen LogP contribution is 2.40. The van der Waals surface area contributed by atoms with Gasteiger partial charge in [0.2, 0.25) is 11.2 Å². The highest BCUT2D eigenvalue weighted by molar-refractivity contribution is 6.32. The lowest BCUT2D eigenvalue weighted by molar-refractivity contribution is -0.928. The maximum absolute atomic E-state index is 14.1. The summed E-state index contributed by atoms with van der Waals surface area (Å²) >= 11 is 6.15. The number of nitrogens with one attached hydrogen (secondary N) is 1. The van der Waals surface area contributed by atoms with E-state index in [9.17, 15) is 23.1 Å². The van der Waals surface area contributed by atoms with Gasteiger partial charge in [0, 0.05) is 5.02 Å². The predicted octanol–water partition coefficient (Wildman–Crippen LogP) is 4.77. The van der Waals surface area contributed by atoms with Crippen LogP contribution in [0.3, 0.4) is 0 Å². The number of hydrogen-bond acceptors (Lipinski definition) is 5. The lowest BCUT2D eigenvalue weighted by Gasteiger charge is -2.32. The van der Waals surface area contributed by atoms with Crippen LogP contribution in [0.2, 0.25) is 5.02 Å². The first-order valence-corrected chi connectivity index (χ1v) is 11.6. The average Bonchev–Trinajstić information content (AvgIpc) is 2.74. The summed E-state index contributed by atoms with van der Waals surface area (Å²) in [5, 5.41) is 10.9. The van der Waals surface area contributed by atoms with Gasteiger partial charge in [0.1, 0.15) is 43.3 Å². The van der Waals surface area contributed by atoms with Gasteiger partial charge in [-0.2, -0.15) is 13.2 Å². The van der Waals surface area contributed by atoms with Crippen molar-refractivity contribution in [1.29, 1.82) is 0 Å². The molecule has 0 saturated carbocycles. The molecule has 0 spiro atoms. The molecule has 35 heavy (non-hydrogen) atoms. The molecule has 2 aromatic carbocycles. The second kappa shape index (κ2) is 9.37. The first kappa shape index (κ1) is 25.3. The van der Waals surface area contributed by atoms with Gasteiger partial charge in [0.15, 0.2) is 5.58 Å². The number of phenolic OH excluding ortho intramolecular Hbond substituents is 1. The minimum absolute atomic E-state index is 0.0290. The standard InChI is InChI=1S/C25H25ClF3NO5/c1-12-7-16(8-13(2)20(12)26)34-23-21(32)17-5-6-19(31)18(22(17)35-24(23)25(27,28)29)11-30-9-14(3)33-15(4)10-30/h5-8,14-15,31H,9-11H2,1-4H3/p+1/t14-,15-/m0/s1. The van der Waals surface area contributed by atoms with E-state index >= 15 is 0 Å². The number of alkyl halides is 3. The number of quaternary nitrogens is 1. The van der Waals surface area contributed by atoms with Crippen molar-refractivity contribution in [2.24, 2.45) is 0 Å². The fraction of sp³-hybridized carbons (Fsp3) is 0.400. The first-order valence-electron chi connectivity index (χ1n) is 11.2. The molecule has 1 saturated heterocycles. The Labute approximate surface area is 204 Å². The molecule has 0 amide bonds. The second-order valence-electron chi connectivity index (χ2n) is 9.09. The van der Waals surface area contributed by atoms with Crippen molar-refractivity contribution in [3.63, 3.8) is 0 Å². The fourth-order valence-corrected chi connectivity index (χ4v) is 4.71. The number of halogens is 4. The molecule has 6 nitrogen and oxygen atoms in total. The van der Waals surface area contributed by atoms with Crippen LogP contribution in [0.25, 0.3) is 11.0 Å². The number of fused-ring (bicyclic) bond motifs is 1. The Morgan fingerprint density at radius 2 is 1.74 bits per heavy atom. The fourth-order valence-electron chi connectivity index (χ4n) is 4.60. The third-order valence-electron chi connectivity index (χ3n) is 6.03. The van der Waals surface area contributed by atoms with Crippen molar-refractivity contribution >= 4 is 22.6 Å². The number of aryl methyl sites for hydroxylation is 2. The van der Waals surface area contributed by atoms with Gasteiger partial charge >= 0.3 is 6.18 Å². The molecule has 0 aliphatic carbocycles. The largest absolute Gasteiger partial charge is 0.507 e. The van der Waals surface area contributed by atoms with Gasteiger partial charge in [-0.25, -0.2) is 0 Å². The van der Waals surface area contributed by atoms with E-state index < -0.39 is 23.1 Å². The summed E-state index contributed by atoms with van der Waals surface area (Å²) in [6.07, 6.45) is -5.14. The third kappa shape index (κ3) is 5.12. The molecule has 2 heterocycles. The van der Waals surface area contributed by atoms with Crippen molar-refractivity contribution in [2.75, 3.05) is 13.1 Å². The number of rotatable bonds is 4. The van der Waals surface area contributed by atoms with Crippen molar-refractivity contribution < 1.29 is 37.1 Å². The number of hydrogen-bond donors (Lipinski definition) is 2. The van der Waals surface area contributed by atoms with E-state index in [2.05, 4.69) is 0 Å². The van der Waals surface area contributed by atoms with Gasteiger partial charge in [-0.1, -0.05) is 11.6 Å². The zero-order chi connectivity index (χ0) is 25.7. The highest BCUT2D eigenvalue weighted by Gasteiger charge is 2.41. The van der Waals surface area contributed by atoms with E-state index in [0.717, 1.165) is 4.90 Å². The van der Waals surface area contributed by atoms with Gasteiger partial charge in [-0.3, -0.25) is 4.79 Å². The van der Waals surface area contributed by atoms with Crippen molar-refractivity contribution in [1.82, 2.24) is 0 Å². The lowest BCUT2D eigenvalue weighted by Crippen LogP contribution is -3.14. The van der Waals surface area contributed by atoms with Crippen LogP contribution in [-0.4, -0.2) is 30.4 Å². The molecule has 1 fully saturated rings. The Kier molecular flexibility index (Phi) is 6.78. The van der Waals surface area contributed by atoms with Crippen LogP contribution >= 0.6 is 11.6 Å². The van der Waals surface area contributed by atoms with Crippen molar-refractivity contribution in [3.05, 3.63) is 62.0 Å². The minimum atomic E-state index is -5.02. The molecule has 188 valence electrons. The van der Waals surface area contributed by atoms with Gasteiger partial charge in [0.25, 0.3) is 5.76 Å². The smallest absolute Gasteiger partial charge is 0.453 e. The van der Waals surface area contributed by atoms with Crippen LogP contribution in [0, 0.1) is 13.8 Å². The Morgan fingerprint density at radius 1 is 1.14 bits per heavy atom. The second-order valence-corrected chi connectivity index (χ2v) is 9.47. The van der Waals surface area contributed by atoms with Gasteiger partial charge < -0.3 is 23.9 Å². The molecular formula is C25H26ClF3NO5+. The first-order chi connectivity index (χ1) is 16.3. The average molecular weight is 513 g/mol. The molecule has 1 aromatic heterocycles. The third-order valence-corrected chi connectivity index (χ3v) is 6.62. The Morgan fingerprint density at radius 3 is 2.31 bits per heavy atom. The Hall–Kier alpha value is -2.75. The van der Waals surface area contributed by atoms with E-state index in [-0.39, 0.29) is 46.8 Å². The van der Waals surface area contributed by atoms with Crippen LogP contribution in [0.5, 0.6) is 17.2 Å². The summed E-state index contributed by atoms with van der Waals surface area (Å²) in [7, 11) is 0. The van der Waals surface area contributed by atoms with E-state index in [4.69, 9.17) is 25.5 Å². The SMILES string of the molecule is Cc1cc(Oc2c(C(F)(F)F)oc3c(C[NH+]4C[C@H](C)O[C@@H](C)C4)c(O)ccc3c2=O)cc(C)c1Cl. The van der Waals surface area contributed by atoms with E-state index in [0.29, 0.717) is 29.2 Å². The maximum atomic E-state index is 14.1. The number of aromatic hydroxyl groups is 1. The van der Waals surface area contributed by atoms with Gasteiger partial charge in [-0.15, -0.1) is 0 Å². The topological polar surface area (TPSA) is 73.3 Å². The summed E-state index contributed by atoms with van der Waals surface area (Å²) in [4.78, 5) is 14.3. The monoisotopic (exact) mass is 512 g/mol. The number of morpholine rings is 1. The minimum Gasteiger partial charge on any atom is -0.507 e. The predicted molar refractivity (Wildman–Crippen MR) is 125 cm³/mol. The van der Waals surface area contributed by atoms with Crippen LogP contribution in [0.15, 0.2) is 33.5 Å². The molecule has 10 heteroatoms. The van der Waals surface area contributed by atoms with E-state index in [1.807, 2.05) is 13.8 Å². The van der Waals surface area contributed by atoms with Crippen LogP contribution in [0.1, 0.15) is 36.3 Å². The van der Waals surface area contributed by atoms with Crippen LogP contribution in [-0.2, 0) is 17.5 Å². The molecule has 1 aliphatic rings. The molecule has 0 unspecified atom stereocenters. The highest BCUT2D eigenvalue weighted by atomic mass is 35.5.